The van der Waals surface area contributed by atoms with E-state index >= 15 is 0 Å². The molecule has 0 aromatic heterocycles. The zero-order chi connectivity index (χ0) is 13.4. The largest absolute Gasteiger partial charge is 0.374 e. The van der Waals surface area contributed by atoms with Crippen LogP contribution in [-0.4, -0.2) is 24.8 Å². The first-order valence-electron chi connectivity index (χ1n) is 6.24. The van der Waals surface area contributed by atoms with Crippen LogP contribution in [0.15, 0.2) is 24.3 Å². The minimum absolute atomic E-state index is 0.511. The van der Waals surface area contributed by atoms with Crippen LogP contribution in [0.25, 0.3) is 0 Å². The lowest BCUT2D eigenvalue weighted by molar-refractivity contribution is 0.841. The molecule has 0 unspecified atom stereocenters. The lowest BCUT2D eigenvalue weighted by atomic mass is 10.1. The molecule has 0 saturated heterocycles. The lowest BCUT2D eigenvalue weighted by Gasteiger charge is -2.07. The molecule has 0 spiro atoms. The maximum atomic E-state index is 7.29. The van der Waals surface area contributed by atoms with Crippen molar-refractivity contribution in [3.63, 3.8) is 0 Å². The van der Waals surface area contributed by atoms with E-state index in [-0.39, 0.29) is 0 Å². The molecular formula is C14H22N4. The minimum atomic E-state index is 0.511. The Balaban J connectivity index is 2.41. The molecule has 4 N–H and O–H groups in total. The number of hydrogen-bond donors (Lipinski definition) is 4. The summed E-state index contributed by atoms with van der Waals surface area (Å²) in [6.07, 6.45) is 1.86. The number of rotatable bonds is 6. The van der Waals surface area contributed by atoms with Crippen LogP contribution in [0.3, 0.4) is 0 Å². The highest BCUT2D eigenvalue weighted by Crippen LogP contribution is 2.06. The fourth-order valence-corrected chi connectivity index (χ4v) is 1.73. The van der Waals surface area contributed by atoms with E-state index in [4.69, 9.17) is 10.8 Å². The zero-order valence-corrected chi connectivity index (χ0v) is 11.1. The summed E-state index contributed by atoms with van der Waals surface area (Å²) in [5, 5.41) is 20.6. The van der Waals surface area contributed by atoms with Gasteiger partial charge >= 0.3 is 0 Å². The van der Waals surface area contributed by atoms with Gasteiger partial charge in [0.15, 0.2) is 0 Å². The van der Waals surface area contributed by atoms with Gasteiger partial charge in [0.2, 0.25) is 0 Å². The van der Waals surface area contributed by atoms with Crippen LogP contribution in [-0.2, 0) is 12.8 Å². The molecule has 1 aromatic carbocycles. The highest BCUT2D eigenvalue weighted by Gasteiger charge is 1.97. The molecule has 0 aliphatic rings. The highest BCUT2D eigenvalue weighted by molar-refractivity contribution is 5.76. The summed E-state index contributed by atoms with van der Waals surface area (Å²) < 4.78 is 0. The number of hydrogen-bond acceptors (Lipinski definition) is 2. The molecule has 0 atom stereocenters. The molecule has 0 saturated carbocycles. The fourth-order valence-electron chi connectivity index (χ4n) is 1.73. The first-order chi connectivity index (χ1) is 8.58. The molecule has 0 heterocycles. The molecule has 0 amide bonds. The van der Waals surface area contributed by atoms with Crippen molar-refractivity contribution in [1.82, 2.24) is 10.6 Å². The van der Waals surface area contributed by atoms with Gasteiger partial charge in [-0.3, -0.25) is 10.8 Å². The third-order valence-corrected chi connectivity index (χ3v) is 2.60. The summed E-state index contributed by atoms with van der Waals surface area (Å²) in [7, 11) is 0. The Morgan fingerprint density at radius 3 is 1.78 bits per heavy atom. The van der Waals surface area contributed by atoms with Crippen LogP contribution in [0.2, 0.25) is 0 Å². The summed E-state index contributed by atoms with van der Waals surface area (Å²) in [5.41, 5.74) is 2.57. The maximum Gasteiger partial charge on any atom is 0.0899 e. The van der Waals surface area contributed by atoms with Crippen molar-refractivity contribution in [2.24, 2.45) is 0 Å². The molecule has 0 radical (unpaired) electrons. The van der Waals surface area contributed by atoms with Gasteiger partial charge in [-0.2, -0.15) is 0 Å². The summed E-state index contributed by atoms with van der Waals surface area (Å²) >= 11 is 0. The summed E-state index contributed by atoms with van der Waals surface area (Å²) in [4.78, 5) is 0. The highest BCUT2D eigenvalue weighted by atomic mass is 14.9. The van der Waals surface area contributed by atoms with Crippen molar-refractivity contribution in [2.45, 2.75) is 26.7 Å². The SMILES string of the molecule is CC(=N)NCCc1cccc(CCNC(C)=N)c1. The normalized spacial score (nSPS) is 9.89. The maximum absolute atomic E-state index is 7.29. The molecule has 4 nitrogen and oxygen atoms in total. The van der Waals surface area contributed by atoms with E-state index < -0.39 is 0 Å². The standard InChI is InChI=1S/C14H22N4/c1-11(15)17-8-6-13-4-3-5-14(10-13)7-9-18-12(2)16/h3-5,10H,6-9H2,1-2H3,(H2,15,17)(H2,16,18). The van der Waals surface area contributed by atoms with E-state index in [0.717, 1.165) is 25.9 Å². The van der Waals surface area contributed by atoms with Gasteiger partial charge in [-0.25, -0.2) is 0 Å². The predicted molar refractivity (Wildman–Crippen MR) is 76.7 cm³/mol. The topological polar surface area (TPSA) is 71.8 Å². The number of nitrogens with one attached hydrogen (secondary N) is 4. The molecule has 18 heavy (non-hydrogen) atoms. The molecule has 0 fully saturated rings. The van der Waals surface area contributed by atoms with Crippen molar-refractivity contribution in [1.29, 1.82) is 10.8 Å². The van der Waals surface area contributed by atoms with E-state index in [0.29, 0.717) is 11.7 Å². The van der Waals surface area contributed by atoms with Crippen LogP contribution in [0.5, 0.6) is 0 Å². The Kier molecular flexibility index (Phi) is 5.91. The predicted octanol–water partition coefficient (Wildman–Crippen LogP) is 1.95. The Morgan fingerprint density at radius 2 is 1.39 bits per heavy atom. The molecule has 1 aromatic rings. The van der Waals surface area contributed by atoms with Crippen molar-refractivity contribution in [3.05, 3.63) is 35.4 Å². The van der Waals surface area contributed by atoms with Crippen molar-refractivity contribution >= 4 is 11.7 Å². The van der Waals surface area contributed by atoms with Gasteiger partial charge in [0.25, 0.3) is 0 Å². The van der Waals surface area contributed by atoms with Gasteiger partial charge in [0.05, 0.1) is 11.7 Å². The summed E-state index contributed by atoms with van der Waals surface area (Å²) in [6.45, 7) is 5.11. The van der Waals surface area contributed by atoms with E-state index in [1.165, 1.54) is 11.1 Å². The molecule has 0 aliphatic heterocycles. The summed E-state index contributed by atoms with van der Waals surface area (Å²) in [6, 6.07) is 8.49. The Morgan fingerprint density at radius 1 is 0.944 bits per heavy atom. The van der Waals surface area contributed by atoms with Gasteiger partial charge in [-0.05, 0) is 37.8 Å². The second-order valence-electron chi connectivity index (χ2n) is 4.42. The Hall–Kier alpha value is -1.84. The van der Waals surface area contributed by atoms with E-state index in [2.05, 4.69) is 34.9 Å². The molecular weight excluding hydrogens is 224 g/mol. The third-order valence-electron chi connectivity index (χ3n) is 2.60. The first-order valence-corrected chi connectivity index (χ1v) is 6.24. The van der Waals surface area contributed by atoms with Crippen LogP contribution < -0.4 is 10.6 Å². The van der Waals surface area contributed by atoms with Crippen molar-refractivity contribution < 1.29 is 0 Å². The molecule has 4 heteroatoms. The van der Waals surface area contributed by atoms with Gasteiger partial charge in [0, 0.05) is 13.1 Å². The minimum Gasteiger partial charge on any atom is -0.374 e. The van der Waals surface area contributed by atoms with Crippen molar-refractivity contribution in [2.75, 3.05) is 13.1 Å². The lowest BCUT2D eigenvalue weighted by Crippen LogP contribution is -2.22. The molecule has 1 rings (SSSR count). The quantitative estimate of drug-likeness (QED) is 0.457. The molecule has 0 bridgehead atoms. The third kappa shape index (κ3) is 6.03. The van der Waals surface area contributed by atoms with Crippen LogP contribution >= 0.6 is 0 Å². The molecule has 0 aliphatic carbocycles. The second kappa shape index (κ2) is 7.48. The van der Waals surface area contributed by atoms with Crippen molar-refractivity contribution in [3.8, 4) is 0 Å². The number of amidine groups is 2. The van der Waals surface area contributed by atoms with E-state index in [1.807, 2.05) is 0 Å². The first kappa shape index (κ1) is 14.2. The Bertz CT molecular complexity index is 377. The van der Waals surface area contributed by atoms with E-state index in [1.54, 1.807) is 13.8 Å². The average Bonchev–Trinajstić information content (AvgIpc) is 2.28. The smallest absolute Gasteiger partial charge is 0.0899 e. The number of benzene rings is 1. The van der Waals surface area contributed by atoms with Crippen LogP contribution in [0.1, 0.15) is 25.0 Å². The van der Waals surface area contributed by atoms with Gasteiger partial charge < -0.3 is 10.6 Å². The Labute approximate surface area is 109 Å². The van der Waals surface area contributed by atoms with Gasteiger partial charge in [0.1, 0.15) is 0 Å². The monoisotopic (exact) mass is 246 g/mol. The second-order valence-corrected chi connectivity index (χ2v) is 4.42. The van der Waals surface area contributed by atoms with Gasteiger partial charge in [-0.1, -0.05) is 24.3 Å². The van der Waals surface area contributed by atoms with E-state index in [9.17, 15) is 0 Å². The summed E-state index contributed by atoms with van der Waals surface area (Å²) in [5.74, 6) is 1.02. The zero-order valence-electron chi connectivity index (χ0n) is 11.1. The van der Waals surface area contributed by atoms with Gasteiger partial charge in [-0.15, -0.1) is 0 Å². The average molecular weight is 246 g/mol. The van der Waals surface area contributed by atoms with Crippen LogP contribution in [0.4, 0.5) is 0 Å². The van der Waals surface area contributed by atoms with Crippen LogP contribution in [0, 0.1) is 10.8 Å². The fraction of sp³-hybridized carbons (Fsp3) is 0.429. The molecule has 98 valence electrons.